The topological polar surface area (TPSA) is 96.0 Å². The lowest BCUT2D eigenvalue weighted by Crippen LogP contribution is -2.49. The van der Waals surface area contributed by atoms with Crippen LogP contribution < -0.4 is 14.4 Å². The summed E-state index contributed by atoms with van der Waals surface area (Å²) in [5.74, 6) is 0.0994. The smallest absolute Gasteiger partial charge is 0.242 e. The first-order chi connectivity index (χ1) is 17.5. The quantitative estimate of drug-likeness (QED) is 0.348. The number of hydrogen-bond acceptors (Lipinski definition) is 5. The monoisotopic (exact) mass is 571 g/mol. The van der Waals surface area contributed by atoms with E-state index in [1.54, 1.807) is 42.5 Å². The molecule has 11 heteroatoms. The number of carbonyl (C=O) groups is 2. The molecule has 1 N–H and O–H groups in total. The standard InChI is InChI=1S/C26H35Cl2N3O5S/c1-5-15-29-26(33)24(6-2)30(18-19-9-10-20(27)17-23(19)28)25(32)8-7-16-31(37(4,34)35)21-11-13-22(36-3)14-12-21/h9-14,17,24H,5-8,15-16,18H2,1-4H3,(H,29,33)/t24-/m1/s1. The maximum atomic E-state index is 13.4. The molecule has 0 spiro atoms. The third-order valence-corrected chi connectivity index (χ3v) is 7.58. The fraction of sp³-hybridized carbons (Fsp3) is 0.462. The van der Waals surface area contributed by atoms with E-state index in [0.29, 0.717) is 40.0 Å². The first-order valence-electron chi connectivity index (χ1n) is 12.1. The molecule has 2 rings (SSSR count). The Morgan fingerprint density at radius 1 is 1.08 bits per heavy atom. The van der Waals surface area contributed by atoms with Crippen molar-refractivity contribution < 1.29 is 22.7 Å². The molecule has 0 fully saturated rings. The number of benzene rings is 2. The average molecular weight is 573 g/mol. The van der Waals surface area contributed by atoms with Crippen LogP contribution in [0.1, 0.15) is 45.1 Å². The lowest BCUT2D eigenvalue weighted by atomic mass is 10.1. The summed E-state index contributed by atoms with van der Waals surface area (Å²) in [6.07, 6.45) is 2.61. The normalized spacial score (nSPS) is 12.1. The molecule has 0 radical (unpaired) electrons. The summed E-state index contributed by atoms with van der Waals surface area (Å²) in [4.78, 5) is 27.9. The highest BCUT2D eigenvalue weighted by Crippen LogP contribution is 2.25. The van der Waals surface area contributed by atoms with Crippen molar-refractivity contribution in [1.29, 1.82) is 0 Å². The number of ether oxygens (including phenoxy) is 1. The largest absolute Gasteiger partial charge is 0.497 e. The van der Waals surface area contributed by atoms with Crippen molar-refractivity contribution in [2.75, 3.05) is 30.8 Å². The van der Waals surface area contributed by atoms with Crippen LogP contribution in [0.15, 0.2) is 42.5 Å². The van der Waals surface area contributed by atoms with Crippen LogP contribution >= 0.6 is 23.2 Å². The van der Waals surface area contributed by atoms with Crippen molar-refractivity contribution in [2.24, 2.45) is 0 Å². The minimum atomic E-state index is -3.59. The summed E-state index contributed by atoms with van der Waals surface area (Å²) < 4.78 is 31.3. The molecule has 0 aliphatic heterocycles. The third kappa shape index (κ3) is 9.09. The Morgan fingerprint density at radius 2 is 1.76 bits per heavy atom. The van der Waals surface area contributed by atoms with E-state index in [0.717, 1.165) is 12.7 Å². The van der Waals surface area contributed by atoms with Crippen LogP contribution in [0.3, 0.4) is 0 Å². The molecule has 0 aromatic heterocycles. The SMILES string of the molecule is CCCNC(=O)[C@@H](CC)N(Cc1ccc(Cl)cc1Cl)C(=O)CCCN(c1ccc(OC)cc1)S(C)(=O)=O. The number of hydrogen-bond donors (Lipinski definition) is 1. The van der Waals surface area contributed by atoms with E-state index in [4.69, 9.17) is 27.9 Å². The van der Waals surface area contributed by atoms with E-state index < -0.39 is 16.1 Å². The molecule has 8 nitrogen and oxygen atoms in total. The van der Waals surface area contributed by atoms with Gasteiger partial charge in [-0.05, 0) is 61.2 Å². The molecule has 0 unspecified atom stereocenters. The number of halogens is 2. The van der Waals surface area contributed by atoms with Gasteiger partial charge in [-0.2, -0.15) is 0 Å². The summed E-state index contributed by atoms with van der Waals surface area (Å²) in [6.45, 7) is 4.53. The summed E-state index contributed by atoms with van der Waals surface area (Å²) in [7, 11) is -2.05. The van der Waals surface area contributed by atoms with Gasteiger partial charge in [0.25, 0.3) is 0 Å². The highest BCUT2D eigenvalue weighted by molar-refractivity contribution is 7.92. The summed E-state index contributed by atoms with van der Waals surface area (Å²) in [5, 5.41) is 3.74. The average Bonchev–Trinajstić information content (AvgIpc) is 2.85. The maximum absolute atomic E-state index is 13.4. The van der Waals surface area contributed by atoms with Crippen molar-refractivity contribution in [2.45, 2.75) is 52.1 Å². The third-order valence-electron chi connectivity index (χ3n) is 5.80. The first kappa shape index (κ1) is 30.7. The van der Waals surface area contributed by atoms with Crippen LogP contribution in [0, 0.1) is 0 Å². The lowest BCUT2D eigenvalue weighted by molar-refractivity contribution is -0.141. The van der Waals surface area contributed by atoms with Gasteiger partial charge in [0.2, 0.25) is 21.8 Å². The Bertz CT molecular complexity index is 1160. The molecule has 0 saturated carbocycles. The summed E-state index contributed by atoms with van der Waals surface area (Å²) in [5.41, 5.74) is 1.14. The van der Waals surface area contributed by atoms with Crippen LogP contribution in [0.5, 0.6) is 5.75 Å². The van der Waals surface area contributed by atoms with Crippen molar-refractivity contribution in [3.63, 3.8) is 0 Å². The van der Waals surface area contributed by atoms with Crippen molar-refractivity contribution in [3.05, 3.63) is 58.1 Å². The number of rotatable bonds is 14. The molecule has 37 heavy (non-hydrogen) atoms. The fourth-order valence-electron chi connectivity index (χ4n) is 3.87. The van der Waals surface area contributed by atoms with E-state index in [9.17, 15) is 18.0 Å². The van der Waals surface area contributed by atoms with Gasteiger partial charge in [0, 0.05) is 36.1 Å². The molecule has 2 aromatic rings. The highest BCUT2D eigenvalue weighted by atomic mass is 35.5. The molecule has 0 aliphatic rings. The highest BCUT2D eigenvalue weighted by Gasteiger charge is 2.29. The maximum Gasteiger partial charge on any atom is 0.242 e. The number of carbonyl (C=O) groups excluding carboxylic acids is 2. The molecule has 0 aliphatic carbocycles. The van der Waals surface area contributed by atoms with Gasteiger partial charge in [-0.25, -0.2) is 8.42 Å². The predicted molar refractivity (Wildman–Crippen MR) is 149 cm³/mol. The van der Waals surface area contributed by atoms with Crippen molar-refractivity contribution >= 4 is 50.7 Å². The second-order valence-electron chi connectivity index (χ2n) is 8.61. The lowest BCUT2D eigenvalue weighted by Gasteiger charge is -2.31. The minimum Gasteiger partial charge on any atom is -0.497 e. The Hall–Kier alpha value is -2.49. The summed E-state index contributed by atoms with van der Waals surface area (Å²) >= 11 is 12.4. The Morgan fingerprint density at radius 3 is 2.30 bits per heavy atom. The zero-order chi connectivity index (χ0) is 27.6. The van der Waals surface area contributed by atoms with Gasteiger partial charge in [-0.1, -0.05) is 43.1 Å². The Labute approximate surface area is 229 Å². The predicted octanol–water partition coefficient (Wildman–Crippen LogP) is 4.88. The number of nitrogens with one attached hydrogen (secondary N) is 1. The van der Waals surface area contributed by atoms with Gasteiger partial charge < -0.3 is 15.0 Å². The van der Waals surface area contributed by atoms with Crippen LogP contribution in [0.2, 0.25) is 10.0 Å². The first-order valence-corrected chi connectivity index (χ1v) is 14.7. The number of anilines is 1. The van der Waals surface area contributed by atoms with Gasteiger partial charge >= 0.3 is 0 Å². The molecular formula is C26H35Cl2N3O5S. The van der Waals surface area contributed by atoms with E-state index in [2.05, 4.69) is 5.32 Å². The molecule has 0 heterocycles. The number of nitrogens with zero attached hydrogens (tertiary/aromatic N) is 2. The summed E-state index contributed by atoms with van der Waals surface area (Å²) in [6, 6.07) is 11.0. The van der Waals surface area contributed by atoms with Gasteiger partial charge in [0.05, 0.1) is 19.1 Å². The molecular weight excluding hydrogens is 537 g/mol. The van der Waals surface area contributed by atoms with Gasteiger partial charge in [0.15, 0.2) is 0 Å². The van der Waals surface area contributed by atoms with Gasteiger partial charge in [-0.3, -0.25) is 13.9 Å². The van der Waals surface area contributed by atoms with E-state index in [1.165, 1.54) is 16.3 Å². The zero-order valence-electron chi connectivity index (χ0n) is 21.7. The van der Waals surface area contributed by atoms with E-state index in [1.807, 2.05) is 13.8 Å². The second kappa shape index (κ2) is 14.4. The van der Waals surface area contributed by atoms with Crippen LogP contribution in [0.25, 0.3) is 0 Å². The van der Waals surface area contributed by atoms with Gasteiger partial charge in [-0.15, -0.1) is 0 Å². The molecule has 2 amide bonds. The molecule has 2 aromatic carbocycles. The van der Waals surface area contributed by atoms with Crippen LogP contribution in [0.4, 0.5) is 5.69 Å². The second-order valence-corrected chi connectivity index (χ2v) is 11.4. The molecule has 0 bridgehead atoms. The fourth-order valence-corrected chi connectivity index (χ4v) is 5.30. The van der Waals surface area contributed by atoms with Crippen LogP contribution in [-0.4, -0.2) is 57.6 Å². The zero-order valence-corrected chi connectivity index (χ0v) is 24.0. The molecule has 204 valence electrons. The van der Waals surface area contributed by atoms with Crippen LogP contribution in [-0.2, 0) is 26.2 Å². The molecule has 1 atom stereocenters. The number of amides is 2. The van der Waals surface area contributed by atoms with Crippen molar-refractivity contribution in [1.82, 2.24) is 10.2 Å². The minimum absolute atomic E-state index is 0.0466. The van der Waals surface area contributed by atoms with Crippen molar-refractivity contribution in [3.8, 4) is 5.75 Å². The van der Waals surface area contributed by atoms with Gasteiger partial charge in [0.1, 0.15) is 11.8 Å². The van der Waals surface area contributed by atoms with E-state index in [-0.39, 0.29) is 37.7 Å². The number of methoxy groups -OCH3 is 1. The Balaban J connectivity index is 2.23. The molecule has 0 saturated heterocycles. The Kier molecular flexibility index (Phi) is 12.0. The number of sulfonamides is 1. The van der Waals surface area contributed by atoms with E-state index >= 15 is 0 Å².